The number of ketones is 1. The third-order valence-corrected chi connectivity index (χ3v) is 6.94. The molecule has 0 spiro atoms. The van der Waals surface area contributed by atoms with E-state index < -0.39 is 17.5 Å². The molecule has 0 aliphatic heterocycles. The van der Waals surface area contributed by atoms with Gasteiger partial charge < -0.3 is 18.6 Å². The molecule has 0 bridgehead atoms. The van der Waals surface area contributed by atoms with E-state index in [1.807, 2.05) is 31.4 Å². The zero-order valence-corrected chi connectivity index (χ0v) is 22.9. The zero-order valence-electron chi connectivity index (χ0n) is 22.2. The standard InChI is InChI=1S/C29H27ClFN5O4/c1-34-14-19-10-18(4-6-23(19)33-34)11-26(37)25(8-9-39-2)36-15-27(40-3)22(13-29(36)38)21-12-20(30)5-7-24(21)35-16-28(31)32-17-35/h4-7,10,12-17,25H,8-9,11H2,1-3H3. The van der Waals surface area contributed by atoms with Gasteiger partial charge in [-0.2, -0.15) is 9.49 Å². The lowest BCUT2D eigenvalue weighted by molar-refractivity contribution is -0.122. The number of halogens is 2. The SMILES string of the molecule is COCCC(C(=O)Cc1ccc2nn(C)cc2c1)n1cc(OC)c(-c2cc(Cl)ccc2-n2cnc(F)c2)cc1=O. The fraction of sp³-hybridized carbons (Fsp3) is 0.241. The number of methoxy groups -OCH3 is 2. The summed E-state index contributed by atoms with van der Waals surface area (Å²) in [6, 6.07) is 11.3. The number of aryl methyl sites for hydroxylation is 1. The minimum absolute atomic E-state index is 0.125. The maximum Gasteiger partial charge on any atom is 0.252 e. The van der Waals surface area contributed by atoms with Gasteiger partial charge in [-0.1, -0.05) is 17.7 Å². The molecule has 0 aliphatic rings. The first-order valence-electron chi connectivity index (χ1n) is 12.5. The Labute approximate surface area is 234 Å². The van der Waals surface area contributed by atoms with Crippen LogP contribution in [0.15, 0.2) is 72.2 Å². The summed E-state index contributed by atoms with van der Waals surface area (Å²) in [7, 11) is 4.86. The maximum absolute atomic E-state index is 13.7. The highest BCUT2D eigenvalue weighted by Crippen LogP contribution is 2.35. The first-order chi connectivity index (χ1) is 19.3. The molecule has 0 aliphatic carbocycles. The van der Waals surface area contributed by atoms with Gasteiger partial charge in [-0.25, -0.2) is 4.98 Å². The number of nitrogens with zero attached hydrogens (tertiary/aromatic N) is 5. The minimum Gasteiger partial charge on any atom is -0.495 e. The predicted octanol–water partition coefficient (Wildman–Crippen LogP) is 4.78. The van der Waals surface area contributed by atoms with Crippen LogP contribution in [0, 0.1) is 5.95 Å². The zero-order chi connectivity index (χ0) is 28.4. The van der Waals surface area contributed by atoms with Crippen LogP contribution in [0.5, 0.6) is 5.75 Å². The summed E-state index contributed by atoms with van der Waals surface area (Å²) >= 11 is 6.30. The van der Waals surface area contributed by atoms with E-state index in [9.17, 15) is 14.0 Å². The van der Waals surface area contributed by atoms with E-state index in [0.29, 0.717) is 34.0 Å². The van der Waals surface area contributed by atoms with Gasteiger partial charge in [-0.05, 0) is 42.3 Å². The summed E-state index contributed by atoms with van der Waals surface area (Å²) in [4.78, 5) is 30.8. The van der Waals surface area contributed by atoms with Crippen molar-refractivity contribution in [2.24, 2.45) is 7.05 Å². The summed E-state index contributed by atoms with van der Waals surface area (Å²) in [5.74, 6) is -0.448. The van der Waals surface area contributed by atoms with E-state index in [4.69, 9.17) is 21.1 Å². The molecule has 1 unspecified atom stereocenters. The molecule has 0 radical (unpaired) electrons. The number of benzene rings is 2. The largest absolute Gasteiger partial charge is 0.495 e. The van der Waals surface area contributed by atoms with Gasteiger partial charge in [-0.3, -0.25) is 14.3 Å². The Bertz CT molecular complexity index is 1760. The maximum atomic E-state index is 13.7. The Kier molecular flexibility index (Phi) is 7.81. The van der Waals surface area contributed by atoms with Gasteiger partial charge in [-0.15, -0.1) is 0 Å². The van der Waals surface area contributed by atoms with Gasteiger partial charge in [0.2, 0.25) is 5.95 Å². The molecule has 1 atom stereocenters. The number of hydrogen-bond acceptors (Lipinski definition) is 6. The molecule has 0 fully saturated rings. The third kappa shape index (κ3) is 5.54. The van der Waals surface area contributed by atoms with Crippen molar-refractivity contribution in [3.63, 3.8) is 0 Å². The Morgan fingerprint density at radius 2 is 1.90 bits per heavy atom. The molecule has 0 saturated heterocycles. The normalized spacial score (nSPS) is 12.1. The molecular formula is C29H27ClFN5O4. The van der Waals surface area contributed by atoms with Crippen LogP contribution in [0.3, 0.4) is 0 Å². The second kappa shape index (κ2) is 11.4. The summed E-state index contributed by atoms with van der Waals surface area (Å²) in [5, 5.41) is 5.73. The first-order valence-corrected chi connectivity index (χ1v) is 12.9. The van der Waals surface area contributed by atoms with E-state index in [-0.39, 0.29) is 18.8 Å². The molecule has 3 heterocycles. The number of aromatic nitrogens is 5. The van der Waals surface area contributed by atoms with Crippen LogP contribution in [0.2, 0.25) is 5.02 Å². The highest BCUT2D eigenvalue weighted by atomic mass is 35.5. The van der Waals surface area contributed by atoms with Crippen LogP contribution in [0.1, 0.15) is 18.0 Å². The number of pyridine rings is 1. The summed E-state index contributed by atoms with van der Waals surface area (Å²) < 4.78 is 29.2. The van der Waals surface area contributed by atoms with Crippen LogP contribution in [0.25, 0.3) is 27.7 Å². The average molecular weight is 564 g/mol. The number of fused-ring (bicyclic) bond motifs is 1. The van der Waals surface area contributed by atoms with Crippen LogP contribution in [-0.2, 0) is 23.0 Å². The Morgan fingerprint density at radius 1 is 1.07 bits per heavy atom. The lowest BCUT2D eigenvalue weighted by atomic mass is 9.99. The second-order valence-electron chi connectivity index (χ2n) is 9.40. The number of Topliss-reactive ketones (excluding diaryl/α,β-unsaturated/α-hetero) is 1. The number of rotatable bonds is 10. The van der Waals surface area contributed by atoms with Gasteiger partial charge >= 0.3 is 0 Å². The van der Waals surface area contributed by atoms with E-state index in [1.54, 1.807) is 30.0 Å². The lowest BCUT2D eigenvalue weighted by Gasteiger charge is -2.21. The number of hydrogen-bond donors (Lipinski definition) is 0. The van der Waals surface area contributed by atoms with E-state index in [2.05, 4.69) is 10.1 Å². The fourth-order valence-corrected chi connectivity index (χ4v) is 5.01. The smallest absolute Gasteiger partial charge is 0.252 e. The third-order valence-electron chi connectivity index (χ3n) is 6.71. The number of imidazole rings is 1. The quantitative estimate of drug-likeness (QED) is 0.243. The Morgan fingerprint density at radius 3 is 2.62 bits per heavy atom. The van der Waals surface area contributed by atoms with E-state index >= 15 is 0 Å². The van der Waals surface area contributed by atoms with Crippen molar-refractivity contribution in [1.82, 2.24) is 23.9 Å². The lowest BCUT2D eigenvalue weighted by Crippen LogP contribution is -2.31. The Hall–Kier alpha value is -4.28. The van der Waals surface area contributed by atoms with Crippen molar-refractivity contribution in [1.29, 1.82) is 0 Å². The summed E-state index contributed by atoms with van der Waals surface area (Å²) in [5.41, 5.74) is 2.78. The summed E-state index contributed by atoms with van der Waals surface area (Å²) in [6.45, 7) is 0.277. The first kappa shape index (κ1) is 27.3. The van der Waals surface area contributed by atoms with Crippen LogP contribution in [0.4, 0.5) is 4.39 Å². The number of ether oxygens (including phenoxy) is 2. The number of carbonyl (C=O) groups is 1. The molecule has 2 aromatic carbocycles. The van der Waals surface area contributed by atoms with Crippen LogP contribution < -0.4 is 10.3 Å². The van der Waals surface area contributed by atoms with Gasteiger partial charge in [0.1, 0.15) is 12.1 Å². The van der Waals surface area contributed by atoms with Crippen molar-refractivity contribution >= 4 is 28.3 Å². The van der Waals surface area contributed by atoms with Crippen molar-refractivity contribution in [3.05, 3.63) is 94.3 Å². The topological polar surface area (TPSA) is 93.2 Å². The van der Waals surface area contributed by atoms with Crippen LogP contribution >= 0.6 is 11.6 Å². The summed E-state index contributed by atoms with van der Waals surface area (Å²) in [6.07, 6.45) is 6.40. The minimum atomic E-state index is -0.790. The fourth-order valence-electron chi connectivity index (χ4n) is 4.84. The molecule has 40 heavy (non-hydrogen) atoms. The highest BCUT2D eigenvalue weighted by molar-refractivity contribution is 6.31. The number of carbonyl (C=O) groups excluding carboxylic acids is 1. The molecule has 9 nitrogen and oxygen atoms in total. The van der Waals surface area contributed by atoms with Gasteiger partial charge in [0.05, 0.1) is 36.7 Å². The second-order valence-corrected chi connectivity index (χ2v) is 9.84. The monoisotopic (exact) mass is 563 g/mol. The van der Waals surface area contributed by atoms with E-state index in [1.165, 1.54) is 41.0 Å². The molecular weight excluding hydrogens is 537 g/mol. The Balaban J connectivity index is 1.54. The average Bonchev–Trinajstić information content (AvgIpc) is 3.53. The van der Waals surface area contributed by atoms with Crippen molar-refractivity contribution < 1.29 is 18.7 Å². The molecule has 3 aromatic heterocycles. The molecule has 0 N–H and O–H groups in total. The van der Waals surface area contributed by atoms with E-state index in [0.717, 1.165) is 16.5 Å². The van der Waals surface area contributed by atoms with Crippen molar-refractivity contribution in [3.8, 4) is 22.6 Å². The molecule has 11 heteroatoms. The highest BCUT2D eigenvalue weighted by Gasteiger charge is 2.24. The van der Waals surface area contributed by atoms with Crippen LogP contribution in [-0.4, -0.2) is 50.5 Å². The van der Waals surface area contributed by atoms with Gasteiger partial charge in [0.15, 0.2) is 5.78 Å². The van der Waals surface area contributed by atoms with Gasteiger partial charge in [0.25, 0.3) is 5.56 Å². The van der Waals surface area contributed by atoms with Gasteiger partial charge in [0, 0.05) is 61.0 Å². The van der Waals surface area contributed by atoms with Crippen molar-refractivity contribution in [2.75, 3.05) is 20.8 Å². The molecule has 0 amide bonds. The molecule has 0 saturated carbocycles. The molecule has 5 rings (SSSR count). The predicted molar refractivity (Wildman–Crippen MR) is 150 cm³/mol. The van der Waals surface area contributed by atoms with Crippen molar-refractivity contribution in [2.45, 2.75) is 18.9 Å². The molecule has 5 aromatic rings. The molecule has 206 valence electrons.